The monoisotopic (exact) mass is 422 g/mol. The average molecular weight is 423 g/mol. The van der Waals surface area contributed by atoms with E-state index in [-0.39, 0.29) is 6.04 Å². The van der Waals surface area contributed by atoms with Gasteiger partial charge in [0.2, 0.25) is 5.95 Å². The lowest BCUT2D eigenvalue weighted by atomic mass is 10.1. The lowest BCUT2D eigenvalue weighted by molar-refractivity contribution is 0.568. The van der Waals surface area contributed by atoms with Crippen LogP contribution in [0.3, 0.4) is 0 Å². The van der Waals surface area contributed by atoms with Crippen molar-refractivity contribution in [2.75, 3.05) is 29.9 Å². The van der Waals surface area contributed by atoms with E-state index in [1.807, 2.05) is 36.8 Å². The van der Waals surface area contributed by atoms with Gasteiger partial charge < -0.3 is 15.5 Å². The molecular weight excluding hydrogens is 396 g/mol. The fraction of sp³-hybridized carbons (Fsp3) is 0.192. The van der Waals surface area contributed by atoms with Crippen LogP contribution in [0.2, 0.25) is 0 Å². The molecule has 0 spiro atoms. The van der Waals surface area contributed by atoms with Crippen LogP contribution in [0.4, 0.5) is 17.5 Å². The molecule has 0 bridgehead atoms. The largest absolute Gasteiger partial charge is 0.340 e. The first-order valence-corrected chi connectivity index (χ1v) is 11.0. The van der Waals surface area contributed by atoms with Gasteiger partial charge in [-0.3, -0.25) is 4.98 Å². The average Bonchev–Trinajstić information content (AvgIpc) is 3.12. The highest BCUT2D eigenvalue weighted by atomic mass is 15.3. The van der Waals surface area contributed by atoms with E-state index in [0.717, 1.165) is 54.6 Å². The molecular formula is C26H26N6. The van der Waals surface area contributed by atoms with Gasteiger partial charge in [-0.2, -0.15) is 4.98 Å². The summed E-state index contributed by atoms with van der Waals surface area (Å²) in [4.78, 5) is 15.7. The standard InChI is InChI=1S/C26H26N6/c1-2-5-22(6-3-1)24-19-32(18-4-14-28-24)26-29-17-13-25(31-26)30-23-9-7-20(8-10-23)21-11-15-27-16-12-21/h1-3,5-13,15-17,24,28H,4,14,18-19H2,(H,29,30,31). The Hall–Kier alpha value is -3.77. The summed E-state index contributed by atoms with van der Waals surface area (Å²) in [5.74, 6) is 1.55. The van der Waals surface area contributed by atoms with Crippen LogP contribution in [0.1, 0.15) is 18.0 Å². The number of aromatic nitrogens is 3. The van der Waals surface area contributed by atoms with Gasteiger partial charge in [0.25, 0.3) is 0 Å². The van der Waals surface area contributed by atoms with Crippen LogP contribution >= 0.6 is 0 Å². The Bertz CT molecular complexity index is 1130. The fourth-order valence-corrected chi connectivity index (χ4v) is 4.02. The molecule has 6 nitrogen and oxygen atoms in total. The highest BCUT2D eigenvalue weighted by Gasteiger charge is 2.21. The van der Waals surface area contributed by atoms with E-state index < -0.39 is 0 Å². The van der Waals surface area contributed by atoms with Crippen molar-refractivity contribution in [1.82, 2.24) is 20.3 Å². The Morgan fingerprint density at radius 2 is 1.62 bits per heavy atom. The maximum Gasteiger partial charge on any atom is 0.227 e. The summed E-state index contributed by atoms with van der Waals surface area (Å²) < 4.78 is 0. The van der Waals surface area contributed by atoms with Gasteiger partial charge in [-0.05, 0) is 60.0 Å². The molecule has 1 unspecified atom stereocenters. The number of anilines is 3. The van der Waals surface area contributed by atoms with Crippen molar-refractivity contribution in [3.8, 4) is 11.1 Å². The normalized spacial score (nSPS) is 16.4. The van der Waals surface area contributed by atoms with E-state index in [1.165, 1.54) is 5.56 Å². The highest BCUT2D eigenvalue weighted by Crippen LogP contribution is 2.24. The van der Waals surface area contributed by atoms with Crippen molar-refractivity contribution in [3.05, 3.63) is 97.0 Å². The predicted molar refractivity (Wildman–Crippen MR) is 129 cm³/mol. The summed E-state index contributed by atoms with van der Waals surface area (Å²) in [6.07, 6.45) is 6.50. The lowest BCUT2D eigenvalue weighted by Crippen LogP contribution is -2.32. The van der Waals surface area contributed by atoms with Crippen molar-refractivity contribution >= 4 is 17.5 Å². The summed E-state index contributed by atoms with van der Waals surface area (Å²) in [5.41, 5.74) is 4.60. The maximum atomic E-state index is 4.81. The minimum Gasteiger partial charge on any atom is -0.340 e. The molecule has 32 heavy (non-hydrogen) atoms. The second kappa shape index (κ2) is 9.58. The topological polar surface area (TPSA) is 66.0 Å². The number of pyridine rings is 1. The van der Waals surface area contributed by atoms with E-state index >= 15 is 0 Å². The first kappa shape index (κ1) is 20.2. The van der Waals surface area contributed by atoms with Gasteiger partial charge in [-0.15, -0.1) is 0 Å². The molecule has 2 aromatic carbocycles. The third-order valence-electron chi connectivity index (χ3n) is 5.70. The van der Waals surface area contributed by atoms with Crippen LogP contribution in [0, 0.1) is 0 Å². The zero-order valence-electron chi connectivity index (χ0n) is 17.9. The number of hydrogen-bond donors (Lipinski definition) is 2. The molecule has 1 aliphatic heterocycles. The Kier molecular flexibility index (Phi) is 6.03. The van der Waals surface area contributed by atoms with Crippen molar-refractivity contribution in [2.45, 2.75) is 12.5 Å². The minimum absolute atomic E-state index is 0.264. The van der Waals surface area contributed by atoms with Gasteiger partial charge >= 0.3 is 0 Å². The maximum absolute atomic E-state index is 4.81. The predicted octanol–water partition coefficient (Wildman–Crippen LogP) is 4.82. The zero-order valence-corrected chi connectivity index (χ0v) is 17.9. The zero-order chi connectivity index (χ0) is 21.6. The summed E-state index contributed by atoms with van der Waals surface area (Å²) in [6.45, 7) is 2.76. The summed E-state index contributed by atoms with van der Waals surface area (Å²) in [5, 5.41) is 7.07. The van der Waals surface area contributed by atoms with Crippen LogP contribution in [0.5, 0.6) is 0 Å². The van der Waals surface area contributed by atoms with Gasteiger partial charge in [0.1, 0.15) is 5.82 Å². The lowest BCUT2D eigenvalue weighted by Gasteiger charge is -2.25. The van der Waals surface area contributed by atoms with Crippen molar-refractivity contribution < 1.29 is 0 Å². The molecule has 5 rings (SSSR count). The third-order valence-corrected chi connectivity index (χ3v) is 5.70. The number of rotatable bonds is 5. The Balaban J connectivity index is 1.31. The summed E-state index contributed by atoms with van der Waals surface area (Å²) in [7, 11) is 0. The van der Waals surface area contributed by atoms with E-state index in [1.54, 1.807) is 0 Å². The van der Waals surface area contributed by atoms with E-state index in [4.69, 9.17) is 4.98 Å². The molecule has 0 radical (unpaired) electrons. The molecule has 1 saturated heterocycles. The minimum atomic E-state index is 0.264. The van der Waals surface area contributed by atoms with Crippen LogP contribution < -0.4 is 15.5 Å². The van der Waals surface area contributed by atoms with E-state index in [0.29, 0.717) is 0 Å². The molecule has 1 fully saturated rings. The molecule has 0 amide bonds. The smallest absolute Gasteiger partial charge is 0.227 e. The first-order valence-electron chi connectivity index (χ1n) is 11.0. The number of hydrogen-bond acceptors (Lipinski definition) is 6. The van der Waals surface area contributed by atoms with E-state index in [9.17, 15) is 0 Å². The molecule has 0 aliphatic carbocycles. The number of nitrogens with one attached hydrogen (secondary N) is 2. The summed E-state index contributed by atoms with van der Waals surface area (Å²) >= 11 is 0. The van der Waals surface area contributed by atoms with Crippen LogP contribution in [0.25, 0.3) is 11.1 Å². The van der Waals surface area contributed by atoms with E-state index in [2.05, 4.69) is 80.1 Å². The molecule has 3 heterocycles. The van der Waals surface area contributed by atoms with Gasteiger partial charge in [0, 0.05) is 43.4 Å². The Morgan fingerprint density at radius 1 is 0.844 bits per heavy atom. The molecule has 1 aliphatic rings. The SMILES string of the molecule is c1ccc(C2CN(c3nccc(Nc4ccc(-c5ccncc5)cc4)n3)CCCN2)cc1. The Labute approximate surface area is 188 Å². The van der Waals surface area contributed by atoms with Gasteiger partial charge in [0.05, 0.1) is 0 Å². The second-order valence-electron chi connectivity index (χ2n) is 7.90. The second-order valence-corrected chi connectivity index (χ2v) is 7.90. The highest BCUT2D eigenvalue weighted by molar-refractivity contribution is 5.67. The van der Waals surface area contributed by atoms with Crippen molar-refractivity contribution in [3.63, 3.8) is 0 Å². The quantitative estimate of drug-likeness (QED) is 0.481. The third kappa shape index (κ3) is 4.76. The number of nitrogens with zero attached hydrogens (tertiary/aromatic N) is 4. The molecule has 160 valence electrons. The Morgan fingerprint density at radius 3 is 2.44 bits per heavy atom. The molecule has 1 atom stereocenters. The van der Waals surface area contributed by atoms with Gasteiger partial charge in [-0.1, -0.05) is 42.5 Å². The summed E-state index contributed by atoms with van der Waals surface area (Å²) in [6, 6.07) is 25.1. The van der Waals surface area contributed by atoms with Gasteiger partial charge in [0.15, 0.2) is 0 Å². The van der Waals surface area contributed by atoms with Crippen LogP contribution in [-0.2, 0) is 0 Å². The number of benzene rings is 2. The first-order chi connectivity index (χ1) is 15.8. The molecule has 2 N–H and O–H groups in total. The van der Waals surface area contributed by atoms with Crippen LogP contribution in [0.15, 0.2) is 91.4 Å². The molecule has 0 saturated carbocycles. The molecule has 4 aromatic rings. The van der Waals surface area contributed by atoms with Crippen molar-refractivity contribution in [2.24, 2.45) is 0 Å². The van der Waals surface area contributed by atoms with Gasteiger partial charge in [-0.25, -0.2) is 4.98 Å². The molecule has 2 aromatic heterocycles. The van der Waals surface area contributed by atoms with Crippen LogP contribution in [-0.4, -0.2) is 34.6 Å². The molecule has 6 heteroatoms. The fourth-order valence-electron chi connectivity index (χ4n) is 4.02. The van der Waals surface area contributed by atoms with Crippen molar-refractivity contribution in [1.29, 1.82) is 0 Å².